The van der Waals surface area contributed by atoms with E-state index in [1.165, 1.54) is 0 Å². The lowest BCUT2D eigenvalue weighted by molar-refractivity contribution is 0.0734. The Morgan fingerprint density at radius 2 is 1.54 bits per heavy atom. The van der Waals surface area contributed by atoms with Gasteiger partial charge in [-0.3, -0.25) is 4.79 Å². The predicted molar refractivity (Wildman–Crippen MR) is 94.8 cm³/mol. The van der Waals surface area contributed by atoms with Crippen molar-refractivity contribution in [3.63, 3.8) is 0 Å². The van der Waals surface area contributed by atoms with Crippen molar-refractivity contribution in [2.24, 2.45) is 0 Å². The maximum atomic E-state index is 12.2. The average Bonchev–Trinajstić information content (AvgIpc) is 2.62. The first-order valence-electron chi connectivity index (χ1n) is 7.96. The molecule has 0 heterocycles. The molecule has 2 aromatic rings. The molecule has 0 spiro atoms. The van der Waals surface area contributed by atoms with Gasteiger partial charge in [-0.15, -0.1) is 0 Å². The third kappa shape index (κ3) is 4.35. The largest absolute Gasteiger partial charge is 0.423 e. The monoisotopic (exact) mass is 326 g/mol. The fourth-order valence-electron chi connectivity index (χ4n) is 2.14. The van der Waals surface area contributed by atoms with Crippen molar-refractivity contribution in [1.29, 1.82) is 0 Å². The lowest BCUT2D eigenvalue weighted by atomic mass is 10.2. The first kappa shape index (κ1) is 17.5. The van der Waals surface area contributed by atoms with Gasteiger partial charge in [-0.25, -0.2) is 4.79 Å². The zero-order chi connectivity index (χ0) is 17.5. The summed E-state index contributed by atoms with van der Waals surface area (Å²) in [6.45, 7) is 5.38. The zero-order valence-electron chi connectivity index (χ0n) is 14.2. The maximum Gasteiger partial charge on any atom is 0.343 e. The van der Waals surface area contributed by atoms with Crippen molar-refractivity contribution in [2.45, 2.75) is 13.8 Å². The number of nitrogens with one attached hydrogen (secondary N) is 1. The van der Waals surface area contributed by atoms with Crippen LogP contribution in [0.25, 0.3) is 0 Å². The summed E-state index contributed by atoms with van der Waals surface area (Å²) >= 11 is 0. The van der Waals surface area contributed by atoms with Gasteiger partial charge in [0.25, 0.3) is 5.91 Å². The molecule has 0 radical (unpaired) electrons. The van der Waals surface area contributed by atoms with Crippen molar-refractivity contribution in [2.75, 3.05) is 25.0 Å². The number of hydrogen-bond donors (Lipinski definition) is 1. The lowest BCUT2D eigenvalue weighted by Gasteiger charge is -2.16. The van der Waals surface area contributed by atoms with Crippen molar-refractivity contribution in [3.8, 4) is 5.75 Å². The molecule has 0 aliphatic carbocycles. The number of carbonyl (C=O) groups excluding carboxylic acids is 2. The highest BCUT2D eigenvalue weighted by Crippen LogP contribution is 2.17. The third-order valence-electron chi connectivity index (χ3n) is 3.68. The standard InChI is InChI=1S/C19H22N2O3/c1-4-20-18(22)14-8-12-17(13-9-14)24-19(23)15-6-10-16(11-7-15)21(3)5-2/h6-13H,4-5H2,1-3H3,(H,20,22). The van der Waals surface area contributed by atoms with E-state index in [2.05, 4.69) is 17.1 Å². The SMILES string of the molecule is CCNC(=O)c1ccc(OC(=O)c2ccc(N(C)CC)cc2)cc1. The molecular weight excluding hydrogens is 304 g/mol. The summed E-state index contributed by atoms with van der Waals surface area (Å²) < 4.78 is 5.34. The lowest BCUT2D eigenvalue weighted by Crippen LogP contribution is -2.22. The molecule has 24 heavy (non-hydrogen) atoms. The number of anilines is 1. The molecule has 1 amide bonds. The number of ether oxygens (including phenoxy) is 1. The molecule has 0 unspecified atom stereocenters. The van der Waals surface area contributed by atoms with Crippen LogP contribution < -0.4 is 15.0 Å². The second kappa shape index (κ2) is 8.15. The summed E-state index contributed by atoms with van der Waals surface area (Å²) in [6, 6.07) is 13.7. The number of esters is 1. The van der Waals surface area contributed by atoms with Crippen molar-refractivity contribution >= 4 is 17.6 Å². The van der Waals surface area contributed by atoms with E-state index in [1.807, 2.05) is 26.1 Å². The number of amides is 1. The quantitative estimate of drug-likeness (QED) is 0.654. The molecule has 0 aliphatic rings. The molecule has 2 rings (SSSR count). The van der Waals surface area contributed by atoms with Crippen LogP contribution in [0.2, 0.25) is 0 Å². The van der Waals surface area contributed by atoms with E-state index in [1.54, 1.807) is 36.4 Å². The molecule has 1 N–H and O–H groups in total. The minimum Gasteiger partial charge on any atom is -0.423 e. The zero-order valence-corrected chi connectivity index (χ0v) is 14.2. The molecule has 0 atom stereocenters. The van der Waals surface area contributed by atoms with Crippen LogP contribution in [0.5, 0.6) is 5.75 Å². The van der Waals surface area contributed by atoms with Gasteiger partial charge < -0.3 is 15.0 Å². The molecule has 0 bridgehead atoms. The van der Waals surface area contributed by atoms with E-state index in [4.69, 9.17) is 4.74 Å². The first-order valence-corrected chi connectivity index (χ1v) is 7.96. The highest BCUT2D eigenvalue weighted by Gasteiger charge is 2.10. The van der Waals surface area contributed by atoms with E-state index in [9.17, 15) is 9.59 Å². The van der Waals surface area contributed by atoms with E-state index >= 15 is 0 Å². The van der Waals surface area contributed by atoms with Gasteiger partial charge in [0.15, 0.2) is 0 Å². The van der Waals surface area contributed by atoms with Gasteiger partial charge in [0, 0.05) is 31.4 Å². The Balaban J connectivity index is 2.02. The van der Waals surface area contributed by atoms with Crippen molar-refractivity contribution < 1.29 is 14.3 Å². The third-order valence-corrected chi connectivity index (χ3v) is 3.68. The van der Waals surface area contributed by atoms with Crippen LogP contribution >= 0.6 is 0 Å². The van der Waals surface area contributed by atoms with Crippen LogP contribution in [0.4, 0.5) is 5.69 Å². The summed E-state index contributed by atoms with van der Waals surface area (Å²) in [6.07, 6.45) is 0. The molecular formula is C19H22N2O3. The van der Waals surface area contributed by atoms with Gasteiger partial charge in [0.2, 0.25) is 0 Å². The predicted octanol–water partition coefficient (Wildman–Crippen LogP) is 3.11. The summed E-state index contributed by atoms with van der Waals surface area (Å²) in [5.41, 5.74) is 2.06. The number of carbonyl (C=O) groups is 2. The molecule has 126 valence electrons. The Labute approximate surface area is 142 Å². The highest BCUT2D eigenvalue weighted by atomic mass is 16.5. The normalized spacial score (nSPS) is 10.1. The van der Waals surface area contributed by atoms with Gasteiger partial charge in [-0.05, 0) is 62.4 Å². The van der Waals surface area contributed by atoms with Crippen LogP contribution in [0.1, 0.15) is 34.6 Å². The number of hydrogen-bond acceptors (Lipinski definition) is 4. The molecule has 0 aromatic heterocycles. The topological polar surface area (TPSA) is 58.6 Å². The summed E-state index contributed by atoms with van der Waals surface area (Å²) in [4.78, 5) is 25.9. The fraction of sp³-hybridized carbons (Fsp3) is 0.263. The summed E-state index contributed by atoms with van der Waals surface area (Å²) in [7, 11) is 1.99. The molecule has 0 saturated heterocycles. The Hall–Kier alpha value is -2.82. The van der Waals surface area contributed by atoms with Gasteiger partial charge in [-0.2, -0.15) is 0 Å². The smallest absolute Gasteiger partial charge is 0.343 e. The Kier molecular flexibility index (Phi) is 5.95. The van der Waals surface area contributed by atoms with Crippen LogP contribution in [0.3, 0.4) is 0 Å². The molecule has 2 aromatic carbocycles. The molecule has 0 aliphatic heterocycles. The molecule has 5 heteroatoms. The molecule has 0 fully saturated rings. The van der Waals surface area contributed by atoms with E-state index < -0.39 is 5.97 Å². The van der Waals surface area contributed by atoms with E-state index in [-0.39, 0.29) is 5.91 Å². The van der Waals surface area contributed by atoms with Gasteiger partial charge >= 0.3 is 5.97 Å². The van der Waals surface area contributed by atoms with Crippen molar-refractivity contribution in [1.82, 2.24) is 5.32 Å². The average molecular weight is 326 g/mol. The minimum absolute atomic E-state index is 0.147. The number of benzene rings is 2. The molecule has 5 nitrogen and oxygen atoms in total. The van der Waals surface area contributed by atoms with Crippen molar-refractivity contribution in [3.05, 3.63) is 59.7 Å². The summed E-state index contributed by atoms with van der Waals surface area (Å²) in [5.74, 6) is -0.166. The summed E-state index contributed by atoms with van der Waals surface area (Å²) in [5, 5.41) is 2.72. The van der Waals surface area contributed by atoms with E-state index in [0.717, 1.165) is 12.2 Å². The van der Waals surface area contributed by atoms with Crippen LogP contribution in [-0.4, -0.2) is 32.0 Å². The second-order valence-electron chi connectivity index (χ2n) is 5.33. The second-order valence-corrected chi connectivity index (χ2v) is 5.33. The van der Waals surface area contributed by atoms with Crippen LogP contribution in [0.15, 0.2) is 48.5 Å². The van der Waals surface area contributed by atoms with Gasteiger partial charge in [-0.1, -0.05) is 0 Å². The fourth-order valence-corrected chi connectivity index (χ4v) is 2.14. The van der Waals surface area contributed by atoms with E-state index in [0.29, 0.717) is 23.4 Å². The number of nitrogens with zero attached hydrogens (tertiary/aromatic N) is 1. The first-order chi connectivity index (χ1) is 11.5. The Morgan fingerprint density at radius 1 is 0.958 bits per heavy atom. The highest BCUT2D eigenvalue weighted by molar-refractivity contribution is 5.94. The van der Waals surface area contributed by atoms with Crippen LogP contribution in [0, 0.1) is 0 Å². The van der Waals surface area contributed by atoms with Gasteiger partial charge in [0.1, 0.15) is 5.75 Å². The van der Waals surface area contributed by atoms with Gasteiger partial charge in [0.05, 0.1) is 5.56 Å². The van der Waals surface area contributed by atoms with Crippen LogP contribution in [-0.2, 0) is 0 Å². The Morgan fingerprint density at radius 3 is 2.08 bits per heavy atom. The maximum absolute atomic E-state index is 12.2. The molecule has 0 saturated carbocycles. The minimum atomic E-state index is -0.425. The Bertz CT molecular complexity index is 694. The number of rotatable bonds is 6.